The van der Waals surface area contributed by atoms with Gasteiger partial charge in [0.15, 0.2) is 5.82 Å². The summed E-state index contributed by atoms with van der Waals surface area (Å²) in [5.74, 6) is 2.09. The zero-order valence-electron chi connectivity index (χ0n) is 14.0. The van der Waals surface area contributed by atoms with E-state index in [1.807, 2.05) is 19.2 Å². The average molecular weight is 322 g/mol. The zero-order valence-corrected chi connectivity index (χ0v) is 14.0. The van der Waals surface area contributed by atoms with E-state index < -0.39 is 0 Å². The molecule has 1 saturated heterocycles. The fraction of sp³-hybridized carbons (Fsp3) is 0.421. The Morgan fingerprint density at radius 1 is 1.25 bits per heavy atom. The molecule has 0 amide bonds. The molecule has 3 heterocycles. The Kier molecular flexibility index (Phi) is 4.26. The van der Waals surface area contributed by atoms with Crippen LogP contribution in [0.3, 0.4) is 0 Å². The zero-order chi connectivity index (χ0) is 16.4. The van der Waals surface area contributed by atoms with E-state index in [9.17, 15) is 0 Å². The highest BCUT2D eigenvalue weighted by molar-refractivity contribution is 5.81. The molecule has 1 aliphatic rings. The normalized spacial score (nSPS) is 19.0. The van der Waals surface area contributed by atoms with Gasteiger partial charge < -0.3 is 4.52 Å². The molecular weight excluding hydrogens is 300 g/mol. The van der Waals surface area contributed by atoms with Crippen LogP contribution in [-0.4, -0.2) is 33.1 Å². The first-order chi connectivity index (χ1) is 11.8. The monoisotopic (exact) mass is 322 g/mol. The molecule has 0 spiro atoms. The summed E-state index contributed by atoms with van der Waals surface area (Å²) in [5, 5.41) is 5.26. The molecule has 5 nitrogen and oxygen atoms in total. The minimum Gasteiger partial charge on any atom is -0.340 e. The van der Waals surface area contributed by atoms with Gasteiger partial charge in [0.1, 0.15) is 0 Å². The number of likely N-dealkylation sites (tertiary alicyclic amines) is 1. The van der Waals surface area contributed by atoms with Gasteiger partial charge in [-0.2, -0.15) is 4.98 Å². The number of aryl methyl sites for hydroxylation is 1. The van der Waals surface area contributed by atoms with E-state index >= 15 is 0 Å². The fourth-order valence-electron chi connectivity index (χ4n) is 3.68. The third-order valence-corrected chi connectivity index (χ3v) is 4.75. The van der Waals surface area contributed by atoms with E-state index in [0.717, 1.165) is 37.4 Å². The first-order valence-electron chi connectivity index (χ1n) is 8.62. The van der Waals surface area contributed by atoms with E-state index in [4.69, 9.17) is 4.52 Å². The lowest BCUT2D eigenvalue weighted by Crippen LogP contribution is -2.36. The molecule has 0 N–H and O–H groups in total. The molecule has 1 aromatic carbocycles. The van der Waals surface area contributed by atoms with E-state index in [0.29, 0.717) is 11.8 Å². The molecule has 1 unspecified atom stereocenters. The van der Waals surface area contributed by atoms with Crippen LogP contribution in [0.5, 0.6) is 0 Å². The van der Waals surface area contributed by atoms with Crippen molar-refractivity contribution in [3.63, 3.8) is 0 Å². The molecular formula is C19H22N4O. The predicted molar refractivity (Wildman–Crippen MR) is 92.5 cm³/mol. The van der Waals surface area contributed by atoms with Crippen molar-refractivity contribution in [3.8, 4) is 0 Å². The summed E-state index contributed by atoms with van der Waals surface area (Å²) < 4.78 is 5.09. The van der Waals surface area contributed by atoms with Crippen molar-refractivity contribution < 1.29 is 4.52 Å². The van der Waals surface area contributed by atoms with Crippen molar-refractivity contribution in [1.82, 2.24) is 20.0 Å². The van der Waals surface area contributed by atoms with Gasteiger partial charge in [-0.1, -0.05) is 29.4 Å². The van der Waals surface area contributed by atoms with E-state index in [1.165, 1.54) is 23.8 Å². The van der Waals surface area contributed by atoms with Gasteiger partial charge in [-0.15, -0.1) is 0 Å². The van der Waals surface area contributed by atoms with Gasteiger partial charge in [0.25, 0.3) is 0 Å². The van der Waals surface area contributed by atoms with Gasteiger partial charge >= 0.3 is 0 Å². The lowest BCUT2D eigenvalue weighted by Gasteiger charge is -2.32. The average Bonchev–Trinajstić information content (AvgIpc) is 3.00. The Hall–Kier alpha value is -2.27. The second kappa shape index (κ2) is 6.69. The van der Waals surface area contributed by atoms with E-state index in [2.05, 4.69) is 44.3 Å². The molecule has 2 aromatic heterocycles. The van der Waals surface area contributed by atoms with Gasteiger partial charge in [-0.25, -0.2) is 0 Å². The van der Waals surface area contributed by atoms with Crippen molar-refractivity contribution in [1.29, 1.82) is 0 Å². The minimum atomic E-state index is 0.596. The lowest BCUT2D eigenvalue weighted by atomic mass is 9.94. The first-order valence-corrected chi connectivity index (χ1v) is 8.62. The second-order valence-electron chi connectivity index (χ2n) is 6.67. The number of nitrogens with zero attached hydrogens (tertiary/aromatic N) is 4. The van der Waals surface area contributed by atoms with E-state index in [-0.39, 0.29) is 0 Å². The van der Waals surface area contributed by atoms with Crippen LogP contribution >= 0.6 is 0 Å². The Morgan fingerprint density at radius 3 is 3.04 bits per heavy atom. The summed E-state index contributed by atoms with van der Waals surface area (Å²) in [5.41, 5.74) is 2.43. The number of aromatic nitrogens is 3. The summed E-state index contributed by atoms with van der Waals surface area (Å²) in [4.78, 5) is 11.5. The number of piperidine rings is 1. The molecule has 24 heavy (non-hydrogen) atoms. The van der Waals surface area contributed by atoms with Gasteiger partial charge in [-0.05, 0) is 36.9 Å². The van der Waals surface area contributed by atoms with Gasteiger partial charge in [-0.3, -0.25) is 9.88 Å². The number of hydrogen-bond donors (Lipinski definition) is 0. The molecule has 0 saturated carbocycles. The smallest absolute Gasteiger partial charge is 0.223 e. The molecule has 1 fully saturated rings. The van der Waals surface area contributed by atoms with E-state index in [1.54, 1.807) is 0 Å². The van der Waals surface area contributed by atoms with Crippen molar-refractivity contribution in [2.45, 2.75) is 32.7 Å². The molecule has 124 valence electrons. The number of rotatable bonds is 4. The van der Waals surface area contributed by atoms with Crippen molar-refractivity contribution in [3.05, 3.63) is 53.8 Å². The van der Waals surface area contributed by atoms with Crippen LogP contribution in [0.1, 0.15) is 30.1 Å². The SMILES string of the molecule is Cc1nc(CC2CCCN(Cc3cccc4cccnc34)C2)no1. The van der Waals surface area contributed by atoms with Crippen LogP contribution in [0.4, 0.5) is 0 Å². The minimum absolute atomic E-state index is 0.596. The fourth-order valence-corrected chi connectivity index (χ4v) is 3.68. The third kappa shape index (κ3) is 3.31. The number of benzene rings is 1. The predicted octanol–water partition coefficient (Wildman–Crippen LogP) is 3.38. The second-order valence-corrected chi connectivity index (χ2v) is 6.67. The number of pyridine rings is 1. The summed E-state index contributed by atoms with van der Waals surface area (Å²) in [6, 6.07) is 10.6. The van der Waals surface area contributed by atoms with Crippen LogP contribution in [-0.2, 0) is 13.0 Å². The Balaban J connectivity index is 1.46. The number of hydrogen-bond acceptors (Lipinski definition) is 5. The molecule has 0 bridgehead atoms. The van der Waals surface area contributed by atoms with Crippen LogP contribution in [0.25, 0.3) is 10.9 Å². The van der Waals surface area contributed by atoms with Crippen molar-refractivity contribution in [2.24, 2.45) is 5.92 Å². The van der Waals surface area contributed by atoms with Crippen molar-refractivity contribution in [2.75, 3.05) is 13.1 Å². The molecule has 1 aliphatic heterocycles. The van der Waals surface area contributed by atoms with Crippen molar-refractivity contribution >= 4 is 10.9 Å². The molecule has 5 heteroatoms. The molecule has 1 atom stereocenters. The highest BCUT2D eigenvalue weighted by Gasteiger charge is 2.22. The summed E-state index contributed by atoms with van der Waals surface area (Å²) in [6.45, 7) is 5.02. The molecule has 0 aliphatic carbocycles. The largest absolute Gasteiger partial charge is 0.340 e. The highest BCUT2D eigenvalue weighted by Crippen LogP contribution is 2.23. The number of para-hydroxylation sites is 1. The van der Waals surface area contributed by atoms with Gasteiger partial charge in [0.05, 0.1) is 5.52 Å². The molecule has 4 rings (SSSR count). The number of fused-ring (bicyclic) bond motifs is 1. The Morgan fingerprint density at radius 2 is 2.17 bits per heavy atom. The molecule has 0 radical (unpaired) electrons. The van der Waals surface area contributed by atoms with Gasteiger partial charge in [0.2, 0.25) is 5.89 Å². The Labute approximate surface area is 141 Å². The highest BCUT2D eigenvalue weighted by atomic mass is 16.5. The maximum Gasteiger partial charge on any atom is 0.223 e. The summed E-state index contributed by atoms with van der Waals surface area (Å²) >= 11 is 0. The molecule has 3 aromatic rings. The third-order valence-electron chi connectivity index (χ3n) is 4.75. The first kappa shape index (κ1) is 15.3. The van der Waals surface area contributed by atoms with Crippen LogP contribution < -0.4 is 0 Å². The maximum atomic E-state index is 5.09. The van der Waals surface area contributed by atoms with Crippen LogP contribution in [0, 0.1) is 12.8 Å². The van der Waals surface area contributed by atoms with Gasteiger partial charge in [0, 0.05) is 38.0 Å². The van der Waals surface area contributed by atoms with Crippen LogP contribution in [0.2, 0.25) is 0 Å². The standard InChI is InChI=1S/C19H22N4O/c1-14-21-18(22-24-14)11-15-5-4-10-23(12-15)13-17-7-2-6-16-8-3-9-20-19(16)17/h2-3,6-9,15H,4-5,10-13H2,1H3. The Bertz CT molecular complexity index is 824. The maximum absolute atomic E-state index is 5.09. The van der Waals surface area contributed by atoms with Crippen LogP contribution in [0.15, 0.2) is 41.1 Å². The topological polar surface area (TPSA) is 55.1 Å². The lowest BCUT2D eigenvalue weighted by molar-refractivity contribution is 0.165. The quantitative estimate of drug-likeness (QED) is 0.737. The summed E-state index contributed by atoms with van der Waals surface area (Å²) in [7, 11) is 0. The summed E-state index contributed by atoms with van der Waals surface area (Å²) in [6.07, 6.45) is 5.24.